The summed E-state index contributed by atoms with van der Waals surface area (Å²) in [7, 11) is 0. The van der Waals surface area contributed by atoms with Crippen LogP contribution in [0.1, 0.15) is 5.56 Å². The summed E-state index contributed by atoms with van der Waals surface area (Å²) in [5, 5.41) is 0. The van der Waals surface area contributed by atoms with Crippen molar-refractivity contribution >= 4 is 0 Å². The minimum absolute atomic E-state index is 0.284. The van der Waals surface area contributed by atoms with Crippen molar-refractivity contribution in [1.82, 2.24) is 0 Å². The summed E-state index contributed by atoms with van der Waals surface area (Å²) in [4.78, 5) is 0. The van der Waals surface area contributed by atoms with Gasteiger partial charge in [0.25, 0.3) is 0 Å². The van der Waals surface area contributed by atoms with Gasteiger partial charge in [0.15, 0.2) is 0 Å². The van der Waals surface area contributed by atoms with Crippen LogP contribution >= 0.6 is 0 Å². The number of ether oxygens (including phenoxy) is 1. The number of halogens is 1. The zero-order valence-electron chi connectivity index (χ0n) is 10.6. The predicted molar refractivity (Wildman–Crippen MR) is 73.9 cm³/mol. The summed E-state index contributed by atoms with van der Waals surface area (Å²) in [5.74, 6) is 1.82. The highest BCUT2D eigenvalue weighted by Crippen LogP contribution is 2.41. The summed E-state index contributed by atoms with van der Waals surface area (Å²) in [6, 6.07) is 16.2. The smallest absolute Gasteiger partial charge is 0.145 e. The highest BCUT2D eigenvalue weighted by molar-refractivity contribution is 5.74. The van der Waals surface area contributed by atoms with Crippen molar-refractivity contribution < 1.29 is 13.5 Å². The molecule has 0 spiro atoms. The van der Waals surface area contributed by atoms with Gasteiger partial charge in [-0.1, -0.05) is 24.3 Å². The Balaban J connectivity index is 1.89. The van der Waals surface area contributed by atoms with Crippen molar-refractivity contribution in [3.05, 3.63) is 66.0 Å². The predicted octanol–water partition coefficient (Wildman–Crippen LogP) is 4.65. The van der Waals surface area contributed by atoms with Gasteiger partial charge in [0, 0.05) is 5.56 Å². The second-order valence-corrected chi connectivity index (χ2v) is 4.73. The standard InChI is InChI=1S/C17H11FO2/c18-14-7-3-1-5-12(14)16-9-11-10-19-15-8-4-2-6-13(15)17(11)20-16/h1-9H,10H2. The molecule has 0 saturated heterocycles. The third-order valence-corrected chi connectivity index (χ3v) is 3.46. The maximum atomic E-state index is 13.8. The van der Waals surface area contributed by atoms with Gasteiger partial charge in [0.2, 0.25) is 0 Å². The van der Waals surface area contributed by atoms with Crippen LogP contribution in [0.25, 0.3) is 22.6 Å². The Kier molecular flexibility index (Phi) is 2.39. The molecule has 20 heavy (non-hydrogen) atoms. The molecule has 0 saturated carbocycles. The topological polar surface area (TPSA) is 22.4 Å². The summed E-state index contributed by atoms with van der Waals surface area (Å²) in [5.41, 5.74) is 2.33. The molecule has 0 unspecified atom stereocenters. The number of furan rings is 1. The van der Waals surface area contributed by atoms with Crippen molar-refractivity contribution in [2.24, 2.45) is 0 Å². The van der Waals surface area contributed by atoms with Gasteiger partial charge in [0.1, 0.15) is 29.7 Å². The molecule has 98 valence electrons. The molecular weight excluding hydrogens is 255 g/mol. The lowest BCUT2D eigenvalue weighted by Crippen LogP contribution is -2.02. The summed E-state index contributed by atoms with van der Waals surface area (Å²) < 4.78 is 25.4. The van der Waals surface area contributed by atoms with Gasteiger partial charge in [0.05, 0.1) is 11.1 Å². The lowest BCUT2D eigenvalue weighted by atomic mass is 10.1. The quantitative estimate of drug-likeness (QED) is 0.640. The average molecular weight is 266 g/mol. The maximum Gasteiger partial charge on any atom is 0.145 e. The molecule has 2 heterocycles. The first-order valence-electron chi connectivity index (χ1n) is 6.43. The first kappa shape index (κ1) is 11.3. The fourth-order valence-corrected chi connectivity index (χ4v) is 2.49. The molecule has 2 aromatic carbocycles. The minimum atomic E-state index is -0.284. The van der Waals surface area contributed by atoms with E-state index < -0.39 is 0 Å². The normalized spacial score (nSPS) is 12.4. The zero-order valence-corrected chi connectivity index (χ0v) is 10.6. The Labute approximate surface area is 115 Å². The van der Waals surface area contributed by atoms with E-state index in [1.807, 2.05) is 30.3 Å². The Morgan fingerprint density at radius 2 is 1.65 bits per heavy atom. The fourth-order valence-electron chi connectivity index (χ4n) is 2.49. The number of hydrogen-bond acceptors (Lipinski definition) is 2. The van der Waals surface area contributed by atoms with Crippen molar-refractivity contribution in [3.8, 4) is 28.4 Å². The van der Waals surface area contributed by atoms with Gasteiger partial charge in [-0.3, -0.25) is 0 Å². The maximum absolute atomic E-state index is 13.8. The van der Waals surface area contributed by atoms with Gasteiger partial charge in [-0.15, -0.1) is 0 Å². The van der Waals surface area contributed by atoms with Crippen LogP contribution in [0.5, 0.6) is 5.75 Å². The molecule has 0 amide bonds. The first-order chi connectivity index (χ1) is 9.83. The molecule has 1 aromatic heterocycles. The first-order valence-corrected chi connectivity index (χ1v) is 6.43. The molecule has 4 rings (SSSR count). The Morgan fingerprint density at radius 3 is 2.50 bits per heavy atom. The SMILES string of the molecule is Fc1ccccc1-c1cc2c(o1)-c1ccccc1OC2. The Hall–Kier alpha value is -2.55. The number of rotatable bonds is 1. The molecular formula is C17H11FO2. The molecule has 0 bridgehead atoms. The number of hydrogen-bond donors (Lipinski definition) is 0. The molecule has 3 aromatic rings. The van der Waals surface area contributed by atoms with Gasteiger partial charge in [-0.2, -0.15) is 0 Å². The average Bonchev–Trinajstić information content (AvgIpc) is 2.92. The van der Waals surface area contributed by atoms with Crippen molar-refractivity contribution in [2.75, 3.05) is 0 Å². The lowest BCUT2D eigenvalue weighted by molar-refractivity contribution is 0.299. The molecule has 1 aliphatic heterocycles. The van der Waals surface area contributed by atoms with Gasteiger partial charge >= 0.3 is 0 Å². The molecule has 0 N–H and O–H groups in total. The Bertz CT molecular complexity index is 789. The highest BCUT2D eigenvalue weighted by atomic mass is 19.1. The second kappa shape index (κ2) is 4.23. The van der Waals surface area contributed by atoms with Crippen LogP contribution in [0, 0.1) is 5.82 Å². The van der Waals surface area contributed by atoms with Crippen LogP contribution < -0.4 is 4.74 Å². The number of benzene rings is 2. The molecule has 3 heteroatoms. The second-order valence-electron chi connectivity index (χ2n) is 4.73. The summed E-state index contributed by atoms with van der Waals surface area (Å²) >= 11 is 0. The van der Waals surface area contributed by atoms with Crippen molar-refractivity contribution in [1.29, 1.82) is 0 Å². The van der Waals surface area contributed by atoms with Crippen LogP contribution in [-0.4, -0.2) is 0 Å². The highest BCUT2D eigenvalue weighted by Gasteiger charge is 2.23. The van der Waals surface area contributed by atoms with E-state index in [4.69, 9.17) is 9.15 Å². The van der Waals surface area contributed by atoms with Crippen LogP contribution in [0.3, 0.4) is 0 Å². The molecule has 2 nitrogen and oxygen atoms in total. The van der Waals surface area contributed by atoms with E-state index in [-0.39, 0.29) is 5.82 Å². The van der Waals surface area contributed by atoms with E-state index in [9.17, 15) is 4.39 Å². The summed E-state index contributed by atoms with van der Waals surface area (Å²) in [6.45, 7) is 0.449. The van der Waals surface area contributed by atoms with Gasteiger partial charge in [-0.25, -0.2) is 4.39 Å². The molecule has 1 aliphatic rings. The molecule has 0 radical (unpaired) electrons. The van der Waals surface area contributed by atoms with E-state index in [0.717, 1.165) is 22.6 Å². The fraction of sp³-hybridized carbons (Fsp3) is 0.0588. The monoisotopic (exact) mass is 266 g/mol. The van der Waals surface area contributed by atoms with Crippen molar-refractivity contribution in [2.45, 2.75) is 6.61 Å². The molecule has 0 aliphatic carbocycles. The lowest BCUT2D eigenvalue weighted by Gasteiger charge is -2.15. The van der Waals surface area contributed by atoms with Crippen molar-refractivity contribution in [3.63, 3.8) is 0 Å². The van der Waals surface area contributed by atoms with Crippen LogP contribution in [0.15, 0.2) is 59.0 Å². The number of para-hydroxylation sites is 1. The van der Waals surface area contributed by atoms with Crippen LogP contribution in [0.4, 0.5) is 4.39 Å². The van der Waals surface area contributed by atoms with Crippen LogP contribution in [0.2, 0.25) is 0 Å². The molecule has 0 fully saturated rings. The third kappa shape index (κ3) is 1.63. The van der Waals surface area contributed by atoms with E-state index in [1.165, 1.54) is 6.07 Å². The molecule has 0 atom stereocenters. The van der Waals surface area contributed by atoms with Gasteiger partial charge in [-0.05, 0) is 30.3 Å². The van der Waals surface area contributed by atoms with E-state index in [1.54, 1.807) is 18.2 Å². The van der Waals surface area contributed by atoms with E-state index in [2.05, 4.69) is 0 Å². The zero-order chi connectivity index (χ0) is 13.5. The summed E-state index contributed by atoms with van der Waals surface area (Å²) in [6.07, 6.45) is 0. The van der Waals surface area contributed by atoms with E-state index in [0.29, 0.717) is 17.9 Å². The Morgan fingerprint density at radius 1 is 0.900 bits per heavy atom. The largest absolute Gasteiger partial charge is 0.488 e. The minimum Gasteiger partial charge on any atom is -0.488 e. The number of fused-ring (bicyclic) bond motifs is 3. The van der Waals surface area contributed by atoms with E-state index >= 15 is 0 Å². The third-order valence-electron chi connectivity index (χ3n) is 3.46. The van der Waals surface area contributed by atoms with Crippen LogP contribution in [-0.2, 0) is 6.61 Å². The van der Waals surface area contributed by atoms with Gasteiger partial charge < -0.3 is 9.15 Å².